The largest absolute Gasteiger partial charge is 0.289 e. The van der Waals surface area contributed by atoms with Crippen LogP contribution in [-0.4, -0.2) is 4.98 Å². The van der Waals surface area contributed by atoms with E-state index in [-0.39, 0.29) is 5.43 Å². The molecule has 3 aromatic rings. The SMILES string of the molecule is O=c1cc(Br)ccc2nc(Cc3ccccc3)c(Cl)cc12. The average Bonchev–Trinajstić information content (AvgIpc) is 2.60. The van der Waals surface area contributed by atoms with Gasteiger partial charge in [0.15, 0.2) is 5.43 Å². The van der Waals surface area contributed by atoms with Crippen molar-refractivity contribution in [1.29, 1.82) is 0 Å². The minimum Gasteiger partial charge on any atom is -0.289 e. The van der Waals surface area contributed by atoms with E-state index in [9.17, 15) is 4.79 Å². The molecule has 0 saturated heterocycles. The second-order valence-corrected chi connectivity index (χ2v) is 6.06. The van der Waals surface area contributed by atoms with Crippen LogP contribution in [0.1, 0.15) is 11.3 Å². The molecule has 0 N–H and O–H groups in total. The van der Waals surface area contributed by atoms with E-state index in [4.69, 9.17) is 11.6 Å². The van der Waals surface area contributed by atoms with Gasteiger partial charge in [-0.2, -0.15) is 0 Å². The molecule has 0 fully saturated rings. The highest BCUT2D eigenvalue weighted by atomic mass is 79.9. The summed E-state index contributed by atoms with van der Waals surface area (Å²) in [5.74, 6) is 0. The van der Waals surface area contributed by atoms with Crippen LogP contribution < -0.4 is 5.43 Å². The first-order valence-electron chi connectivity index (χ1n) is 6.46. The van der Waals surface area contributed by atoms with Gasteiger partial charge in [0.2, 0.25) is 0 Å². The fourth-order valence-corrected chi connectivity index (χ4v) is 2.75. The van der Waals surface area contributed by atoms with Gasteiger partial charge < -0.3 is 0 Å². The number of hydrogen-bond donors (Lipinski definition) is 0. The molecule has 0 aliphatic carbocycles. The third-order valence-electron chi connectivity index (χ3n) is 3.23. The highest BCUT2D eigenvalue weighted by Gasteiger charge is 2.08. The maximum absolute atomic E-state index is 12.1. The zero-order valence-electron chi connectivity index (χ0n) is 11.0. The molecule has 1 heterocycles. The lowest BCUT2D eigenvalue weighted by Crippen LogP contribution is -2.00. The molecule has 0 unspecified atom stereocenters. The van der Waals surface area contributed by atoms with Gasteiger partial charge in [0.1, 0.15) is 0 Å². The van der Waals surface area contributed by atoms with Gasteiger partial charge in [0.05, 0.1) is 16.2 Å². The number of aromatic nitrogens is 1. The molecule has 2 nitrogen and oxygen atoms in total. The maximum atomic E-state index is 12.1. The Hall–Kier alpha value is -1.71. The van der Waals surface area contributed by atoms with Crippen molar-refractivity contribution in [2.75, 3.05) is 0 Å². The number of hydrogen-bond acceptors (Lipinski definition) is 2. The number of pyridine rings is 1. The summed E-state index contributed by atoms with van der Waals surface area (Å²) in [5, 5.41) is 1.05. The van der Waals surface area contributed by atoms with Crippen LogP contribution in [0, 0.1) is 0 Å². The van der Waals surface area contributed by atoms with E-state index in [1.165, 1.54) is 6.07 Å². The van der Waals surface area contributed by atoms with Crippen LogP contribution in [0.2, 0.25) is 5.02 Å². The molecule has 104 valence electrons. The van der Waals surface area contributed by atoms with Crippen molar-refractivity contribution in [1.82, 2.24) is 4.98 Å². The molecule has 0 amide bonds. The number of halogens is 2. The predicted molar refractivity (Wildman–Crippen MR) is 90.0 cm³/mol. The molecule has 0 radical (unpaired) electrons. The fraction of sp³-hybridized carbons (Fsp3) is 0.0588. The van der Waals surface area contributed by atoms with Crippen molar-refractivity contribution in [3.8, 4) is 0 Å². The lowest BCUT2D eigenvalue weighted by molar-refractivity contribution is 1.10. The van der Waals surface area contributed by atoms with Crippen LogP contribution in [-0.2, 0) is 6.42 Å². The van der Waals surface area contributed by atoms with Crippen molar-refractivity contribution >= 4 is 38.4 Å². The minimum atomic E-state index is -0.0949. The van der Waals surface area contributed by atoms with E-state index in [1.54, 1.807) is 6.07 Å². The summed E-state index contributed by atoms with van der Waals surface area (Å²) >= 11 is 9.62. The Kier molecular flexibility index (Phi) is 4.04. The van der Waals surface area contributed by atoms with Crippen LogP contribution in [0.25, 0.3) is 10.9 Å². The predicted octanol–water partition coefficient (Wildman–Crippen LogP) is 4.60. The standard InChI is InChI=1S/C17H11BrClNO/c18-12-6-7-15-13(17(21)9-12)10-14(19)16(20-15)8-11-4-2-1-3-5-11/h1-7,9-10H,8H2. The quantitative estimate of drug-likeness (QED) is 0.668. The van der Waals surface area contributed by atoms with Gasteiger partial charge in [-0.15, -0.1) is 0 Å². The summed E-state index contributed by atoms with van der Waals surface area (Å²) in [5.41, 5.74) is 2.47. The van der Waals surface area contributed by atoms with Crippen molar-refractivity contribution in [2.45, 2.75) is 6.42 Å². The van der Waals surface area contributed by atoms with E-state index in [0.717, 1.165) is 15.7 Å². The van der Waals surface area contributed by atoms with E-state index in [0.29, 0.717) is 22.3 Å². The molecule has 0 bridgehead atoms. The second kappa shape index (κ2) is 5.96. The van der Waals surface area contributed by atoms with Gasteiger partial charge in [-0.1, -0.05) is 57.9 Å². The first-order valence-corrected chi connectivity index (χ1v) is 7.63. The summed E-state index contributed by atoms with van der Waals surface area (Å²) in [6.45, 7) is 0. The Labute approximate surface area is 135 Å². The second-order valence-electron chi connectivity index (χ2n) is 4.74. The van der Waals surface area contributed by atoms with Crippen molar-refractivity contribution in [2.24, 2.45) is 0 Å². The number of nitrogens with zero attached hydrogens (tertiary/aromatic N) is 1. The molecule has 3 rings (SSSR count). The zero-order chi connectivity index (χ0) is 14.8. The normalized spacial score (nSPS) is 10.8. The van der Waals surface area contributed by atoms with E-state index in [1.807, 2.05) is 42.5 Å². The molecule has 0 aliphatic rings. The van der Waals surface area contributed by atoms with Gasteiger partial charge in [-0.3, -0.25) is 9.78 Å². The third-order valence-corrected chi connectivity index (χ3v) is 4.05. The molecule has 21 heavy (non-hydrogen) atoms. The van der Waals surface area contributed by atoms with Crippen LogP contribution in [0.4, 0.5) is 0 Å². The smallest absolute Gasteiger partial charge is 0.189 e. The molecule has 0 atom stereocenters. The molecule has 0 aliphatic heterocycles. The Balaban J connectivity index is 2.16. The van der Waals surface area contributed by atoms with Crippen molar-refractivity contribution in [3.05, 3.63) is 85.6 Å². The van der Waals surface area contributed by atoms with Crippen LogP contribution in [0.3, 0.4) is 0 Å². The van der Waals surface area contributed by atoms with Gasteiger partial charge in [0.25, 0.3) is 0 Å². The topological polar surface area (TPSA) is 30.0 Å². The Morgan fingerprint density at radius 1 is 1.05 bits per heavy atom. The minimum absolute atomic E-state index is 0.0949. The van der Waals surface area contributed by atoms with Crippen molar-refractivity contribution < 1.29 is 0 Å². The monoisotopic (exact) mass is 359 g/mol. The Morgan fingerprint density at radius 2 is 1.81 bits per heavy atom. The van der Waals surface area contributed by atoms with E-state index >= 15 is 0 Å². The van der Waals surface area contributed by atoms with Crippen molar-refractivity contribution in [3.63, 3.8) is 0 Å². The summed E-state index contributed by atoms with van der Waals surface area (Å²) in [7, 11) is 0. The summed E-state index contributed by atoms with van der Waals surface area (Å²) in [6, 6.07) is 16.9. The molecule has 2 aromatic carbocycles. The lowest BCUT2D eigenvalue weighted by atomic mass is 10.1. The Bertz CT molecular complexity index is 865. The number of benzene rings is 1. The molecular formula is C17H11BrClNO. The van der Waals surface area contributed by atoms with Crippen LogP contribution in [0.15, 0.2) is 63.9 Å². The van der Waals surface area contributed by atoms with Crippen LogP contribution in [0.5, 0.6) is 0 Å². The summed E-state index contributed by atoms with van der Waals surface area (Å²) < 4.78 is 0.728. The highest BCUT2D eigenvalue weighted by molar-refractivity contribution is 9.10. The summed E-state index contributed by atoms with van der Waals surface area (Å²) in [4.78, 5) is 16.7. The summed E-state index contributed by atoms with van der Waals surface area (Å²) in [6.07, 6.45) is 0.642. The molecule has 0 spiro atoms. The third kappa shape index (κ3) is 3.14. The maximum Gasteiger partial charge on any atom is 0.189 e. The Morgan fingerprint density at radius 3 is 2.57 bits per heavy atom. The molecule has 1 aromatic heterocycles. The van der Waals surface area contributed by atoms with Gasteiger partial charge >= 0.3 is 0 Å². The highest BCUT2D eigenvalue weighted by Crippen LogP contribution is 2.22. The molecule has 0 saturated carbocycles. The fourth-order valence-electron chi connectivity index (χ4n) is 2.19. The first kappa shape index (κ1) is 14.2. The first-order chi connectivity index (χ1) is 10.1. The van der Waals surface area contributed by atoms with E-state index in [2.05, 4.69) is 20.9 Å². The van der Waals surface area contributed by atoms with E-state index < -0.39 is 0 Å². The van der Waals surface area contributed by atoms with Crippen LogP contribution >= 0.6 is 27.5 Å². The number of rotatable bonds is 2. The van der Waals surface area contributed by atoms with Gasteiger partial charge in [-0.25, -0.2) is 0 Å². The zero-order valence-corrected chi connectivity index (χ0v) is 13.4. The molecular weight excluding hydrogens is 350 g/mol. The lowest BCUT2D eigenvalue weighted by Gasteiger charge is -2.04. The van der Waals surface area contributed by atoms with Gasteiger partial charge in [-0.05, 0) is 23.8 Å². The average molecular weight is 361 g/mol. The number of fused-ring (bicyclic) bond motifs is 1. The van der Waals surface area contributed by atoms with Gasteiger partial charge in [0, 0.05) is 22.3 Å². The molecule has 4 heteroatoms.